The van der Waals surface area contributed by atoms with Crippen molar-refractivity contribution in [2.75, 3.05) is 0 Å². The summed E-state index contributed by atoms with van der Waals surface area (Å²) < 4.78 is 42.9. The van der Waals surface area contributed by atoms with Crippen LogP contribution in [0, 0.1) is 0 Å². The van der Waals surface area contributed by atoms with Crippen LogP contribution >= 0.6 is 0 Å². The molecule has 0 aliphatic carbocycles. The summed E-state index contributed by atoms with van der Waals surface area (Å²) in [6.45, 7) is 0. The molecule has 200 valence electrons. The molecule has 5 heteroatoms. The van der Waals surface area contributed by atoms with Gasteiger partial charge in [0.05, 0.1) is 11.1 Å². The first-order valence-electron chi connectivity index (χ1n) is 13.0. The summed E-state index contributed by atoms with van der Waals surface area (Å²) in [5, 5.41) is 10.9. The Kier molecular flexibility index (Phi) is 6.64. The molecule has 0 aromatic heterocycles. The number of alkyl halides is 3. The van der Waals surface area contributed by atoms with Crippen molar-refractivity contribution < 1.29 is 23.1 Å². The van der Waals surface area contributed by atoms with E-state index in [1.54, 1.807) is 0 Å². The van der Waals surface area contributed by atoms with Crippen LogP contribution in [-0.2, 0) is 6.18 Å². The van der Waals surface area contributed by atoms with Gasteiger partial charge in [-0.2, -0.15) is 13.2 Å². The first-order chi connectivity index (χ1) is 19.8. The average Bonchev–Trinajstić information content (AvgIpc) is 3.00. The molecule has 0 aliphatic heterocycles. The fourth-order valence-corrected chi connectivity index (χ4v) is 5.54. The highest BCUT2D eigenvalue weighted by atomic mass is 19.4. The van der Waals surface area contributed by atoms with E-state index >= 15 is 0 Å². The summed E-state index contributed by atoms with van der Waals surface area (Å²) in [5.74, 6) is -1.43. The van der Waals surface area contributed by atoms with E-state index in [1.165, 1.54) is 0 Å². The molecular weight excluding hydrogens is 521 g/mol. The van der Waals surface area contributed by atoms with Crippen LogP contribution in [0.1, 0.15) is 15.9 Å². The maximum Gasteiger partial charge on any atom is 0.416 e. The Morgan fingerprint density at radius 3 is 1.27 bits per heavy atom. The van der Waals surface area contributed by atoms with Gasteiger partial charge < -0.3 is 5.11 Å². The first-order valence-corrected chi connectivity index (χ1v) is 13.0. The molecule has 6 rings (SSSR count). The summed E-state index contributed by atoms with van der Waals surface area (Å²) >= 11 is 0. The number of hydrogen-bond acceptors (Lipinski definition) is 1. The molecule has 0 aliphatic rings. The lowest BCUT2D eigenvalue weighted by atomic mass is 9.77. The lowest BCUT2D eigenvalue weighted by Crippen LogP contribution is -2.10. The van der Waals surface area contributed by atoms with Gasteiger partial charge >= 0.3 is 12.1 Å². The molecule has 0 heterocycles. The molecule has 1 N–H and O–H groups in total. The minimum atomic E-state index is -4.75. The van der Waals surface area contributed by atoms with Gasteiger partial charge in [0, 0.05) is 5.39 Å². The normalized spacial score (nSPS) is 11.5. The molecule has 0 amide bonds. The van der Waals surface area contributed by atoms with E-state index in [-0.39, 0.29) is 10.8 Å². The van der Waals surface area contributed by atoms with Crippen molar-refractivity contribution in [1.82, 2.24) is 0 Å². The van der Waals surface area contributed by atoms with Gasteiger partial charge in [0.2, 0.25) is 0 Å². The monoisotopic (exact) mass is 544 g/mol. The van der Waals surface area contributed by atoms with Gasteiger partial charge in [-0.15, -0.1) is 0 Å². The average molecular weight is 545 g/mol. The zero-order valence-electron chi connectivity index (χ0n) is 21.7. The molecule has 0 saturated carbocycles. The van der Waals surface area contributed by atoms with Gasteiger partial charge in [-0.1, -0.05) is 121 Å². The van der Waals surface area contributed by atoms with Gasteiger partial charge in [-0.25, -0.2) is 4.79 Å². The lowest BCUT2D eigenvalue weighted by molar-refractivity contribution is -0.137. The van der Waals surface area contributed by atoms with Crippen LogP contribution in [-0.4, -0.2) is 11.1 Å². The number of fused-ring (bicyclic) bond motifs is 1. The van der Waals surface area contributed by atoms with Crippen molar-refractivity contribution in [3.8, 4) is 44.5 Å². The van der Waals surface area contributed by atoms with Crippen molar-refractivity contribution in [3.05, 3.63) is 145 Å². The molecule has 0 bridgehead atoms. The van der Waals surface area contributed by atoms with Crippen molar-refractivity contribution in [2.45, 2.75) is 6.18 Å². The number of benzene rings is 6. The van der Waals surface area contributed by atoms with Gasteiger partial charge in [-0.3, -0.25) is 0 Å². The molecule has 0 saturated heterocycles. The van der Waals surface area contributed by atoms with E-state index in [9.17, 15) is 23.1 Å². The summed E-state index contributed by atoms with van der Waals surface area (Å²) in [7, 11) is 0. The van der Waals surface area contributed by atoms with Gasteiger partial charge in [0.15, 0.2) is 0 Å². The van der Waals surface area contributed by atoms with E-state index in [4.69, 9.17) is 0 Å². The molecule has 0 atom stereocenters. The SMILES string of the molecule is O=C(O)c1cc(C(F)(F)F)cc2c(-c3ccccc3)c(-c3ccccc3)c(-c3ccccc3)c(-c3ccccc3)c12. The molecule has 6 aromatic rings. The van der Waals surface area contributed by atoms with E-state index in [1.807, 2.05) is 121 Å². The molecule has 6 aromatic carbocycles. The smallest absolute Gasteiger partial charge is 0.416 e. The van der Waals surface area contributed by atoms with E-state index in [0.29, 0.717) is 22.3 Å². The summed E-state index contributed by atoms with van der Waals surface area (Å²) in [6, 6.07) is 39.4. The number of halogens is 3. The molecular formula is C36H23F3O2. The number of aromatic carboxylic acids is 1. The fraction of sp³-hybridized carbons (Fsp3) is 0.0278. The van der Waals surface area contributed by atoms with Crippen molar-refractivity contribution >= 4 is 16.7 Å². The zero-order valence-corrected chi connectivity index (χ0v) is 21.7. The molecule has 2 nitrogen and oxygen atoms in total. The highest BCUT2D eigenvalue weighted by Gasteiger charge is 2.34. The topological polar surface area (TPSA) is 37.3 Å². The molecule has 0 unspecified atom stereocenters. The molecule has 0 spiro atoms. The third kappa shape index (κ3) is 4.76. The van der Waals surface area contributed by atoms with Crippen molar-refractivity contribution in [3.63, 3.8) is 0 Å². The zero-order chi connectivity index (χ0) is 28.6. The maximum atomic E-state index is 14.3. The van der Waals surface area contributed by atoms with Gasteiger partial charge in [-0.05, 0) is 62.0 Å². The predicted molar refractivity (Wildman–Crippen MR) is 158 cm³/mol. The van der Waals surface area contributed by atoms with Crippen LogP contribution in [0.25, 0.3) is 55.3 Å². The minimum Gasteiger partial charge on any atom is -0.478 e. The Balaban J connectivity index is 1.99. The third-order valence-corrected chi connectivity index (χ3v) is 7.22. The third-order valence-electron chi connectivity index (χ3n) is 7.22. The highest BCUT2D eigenvalue weighted by molar-refractivity contribution is 6.22. The Labute approximate surface area is 235 Å². The number of rotatable bonds is 5. The van der Waals surface area contributed by atoms with Crippen LogP contribution in [0.4, 0.5) is 13.2 Å². The Morgan fingerprint density at radius 2 is 0.878 bits per heavy atom. The van der Waals surface area contributed by atoms with Crippen LogP contribution in [0.3, 0.4) is 0 Å². The van der Waals surface area contributed by atoms with Crippen LogP contribution < -0.4 is 0 Å². The molecule has 0 radical (unpaired) electrons. The van der Waals surface area contributed by atoms with Gasteiger partial charge in [0.1, 0.15) is 0 Å². The number of carboxylic acid groups (broad SMARTS) is 1. The standard InChI is InChI=1S/C36H23F3O2/c37-36(38,39)27-21-28-30(23-13-5-1-6-14-23)31(24-15-7-2-8-16-24)32(25-17-9-3-10-18-25)33(26-19-11-4-12-20-26)34(28)29(22-27)35(40)41/h1-22H,(H,40,41). The molecule has 41 heavy (non-hydrogen) atoms. The maximum absolute atomic E-state index is 14.3. The second-order valence-electron chi connectivity index (χ2n) is 9.71. The van der Waals surface area contributed by atoms with Crippen LogP contribution in [0.15, 0.2) is 133 Å². The van der Waals surface area contributed by atoms with Crippen LogP contribution in [0.5, 0.6) is 0 Å². The summed E-state index contributed by atoms with van der Waals surface area (Å²) in [5.41, 5.74) is 4.18. The number of hydrogen-bond donors (Lipinski definition) is 1. The second-order valence-corrected chi connectivity index (χ2v) is 9.71. The summed E-state index contributed by atoms with van der Waals surface area (Å²) in [6.07, 6.45) is -4.75. The minimum absolute atomic E-state index is 0.223. The first kappa shape index (κ1) is 26.1. The van der Waals surface area contributed by atoms with E-state index in [0.717, 1.165) is 34.4 Å². The Hall–Kier alpha value is -5.16. The Morgan fingerprint density at radius 1 is 0.512 bits per heavy atom. The molecule has 0 fully saturated rings. The van der Waals surface area contributed by atoms with Gasteiger partial charge in [0.25, 0.3) is 0 Å². The number of carboxylic acids is 1. The quantitative estimate of drug-likeness (QED) is 0.234. The largest absolute Gasteiger partial charge is 0.478 e. The lowest BCUT2D eigenvalue weighted by Gasteiger charge is -2.26. The number of carbonyl (C=O) groups is 1. The highest BCUT2D eigenvalue weighted by Crippen LogP contribution is 2.52. The van der Waals surface area contributed by atoms with E-state index in [2.05, 4.69) is 0 Å². The van der Waals surface area contributed by atoms with Crippen molar-refractivity contribution in [2.24, 2.45) is 0 Å². The van der Waals surface area contributed by atoms with E-state index < -0.39 is 23.3 Å². The Bertz CT molecular complexity index is 1860. The fourth-order valence-electron chi connectivity index (χ4n) is 5.54. The second kappa shape index (κ2) is 10.4. The van der Waals surface area contributed by atoms with Crippen LogP contribution in [0.2, 0.25) is 0 Å². The predicted octanol–water partition coefficient (Wildman–Crippen LogP) is 10.2. The summed E-state index contributed by atoms with van der Waals surface area (Å²) in [4.78, 5) is 12.8. The van der Waals surface area contributed by atoms with Crippen molar-refractivity contribution in [1.29, 1.82) is 0 Å².